The fraction of sp³-hybridized carbons (Fsp3) is 0.133. The Morgan fingerprint density at radius 1 is 1.00 bits per heavy atom. The van der Waals surface area contributed by atoms with E-state index in [9.17, 15) is 4.79 Å². The van der Waals surface area contributed by atoms with Gasteiger partial charge in [-0.25, -0.2) is 4.79 Å². The van der Waals surface area contributed by atoms with Crippen LogP contribution < -0.4 is 9.47 Å². The van der Waals surface area contributed by atoms with Crippen LogP contribution in [-0.2, 0) is 0 Å². The summed E-state index contributed by atoms with van der Waals surface area (Å²) < 4.78 is 11.6. The Morgan fingerprint density at radius 3 is 2.40 bits per heavy atom. The van der Waals surface area contributed by atoms with Crippen LogP contribution in [0.2, 0.25) is 0 Å². The maximum absolute atomic E-state index is 11.1. The molecular weight excluding hydrogens is 324 g/mol. The van der Waals surface area contributed by atoms with Crippen LogP contribution in [0.4, 0.5) is 0 Å². The molecule has 0 aliphatic heterocycles. The Balaban J connectivity index is 1.93. The van der Waals surface area contributed by atoms with E-state index in [4.69, 9.17) is 14.6 Å². The summed E-state index contributed by atoms with van der Waals surface area (Å²) in [5.41, 5.74) is 0.124. The lowest BCUT2D eigenvalue weighted by molar-refractivity contribution is 0.0691. The Kier molecular flexibility index (Phi) is 5.01. The SMILES string of the molecule is O=C(O)c1cccc(Br)c1OCCOc1ccccc1. The monoisotopic (exact) mass is 336 g/mol. The second kappa shape index (κ2) is 6.96. The van der Waals surface area contributed by atoms with Crippen molar-refractivity contribution in [3.63, 3.8) is 0 Å². The van der Waals surface area contributed by atoms with Crippen molar-refractivity contribution >= 4 is 21.9 Å². The molecule has 20 heavy (non-hydrogen) atoms. The van der Waals surface area contributed by atoms with Crippen molar-refractivity contribution < 1.29 is 19.4 Å². The lowest BCUT2D eigenvalue weighted by atomic mass is 10.2. The van der Waals surface area contributed by atoms with Crippen molar-refractivity contribution in [2.24, 2.45) is 0 Å². The fourth-order valence-electron chi connectivity index (χ4n) is 1.64. The molecule has 0 heterocycles. The van der Waals surface area contributed by atoms with Crippen LogP contribution >= 0.6 is 15.9 Å². The largest absolute Gasteiger partial charge is 0.490 e. The number of rotatable bonds is 6. The minimum atomic E-state index is -1.02. The molecule has 0 saturated carbocycles. The molecule has 2 rings (SSSR count). The van der Waals surface area contributed by atoms with E-state index in [1.165, 1.54) is 6.07 Å². The average Bonchev–Trinajstić information content (AvgIpc) is 2.45. The van der Waals surface area contributed by atoms with Crippen LogP contribution in [0.5, 0.6) is 11.5 Å². The zero-order valence-electron chi connectivity index (χ0n) is 10.6. The Hall–Kier alpha value is -2.01. The van der Waals surface area contributed by atoms with E-state index in [0.717, 1.165) is 5.75 Å². The molecule has 0 fully saturated rings. The van der Waals surface area contributed by atoms with Gasteiger partial charge >= 0.3 is 5.97 Å². The smallest absolute Gasteiger partial charge is 0.339 e. The number of benzene rings is 2. The number of carbonyl (C=O) groups is 1. The summed E-state index contributed by atoms with van der Waals surface area (Å²) in [7, 11) is 0. The number of ether oxygens (including phenoxy) is 2. The number of hydrogen-bond acceptors (Lipinski definition) is 3. The van der Waals surface area contributed by atoms with Crippen molar-refractivity contribution in [1.82, 2.24) is 0 Å². The van der Waals surface area contributed by atoms with Gasteiger partial charge in [-0.2, -0.15) is 0 Å². The number of para-hydroxylation sites is 2. The summed E-state index contributed by atoms with van der Waals surface area (Å²) >= 11 is 3.28. The van der Waals surface area contributed by atoms with Gasteiger partial charge in [-0.1, -0.05) is 24.3 Å². The van der Waals surface area contributed by atoms with E-state index < -0.39 is 5.97 Å². The highest BCUT2D eigenvalue weighted by Crippen LogP contribution is 2.29. The molecule has 5 heteroatoms. The maximum Gasteiger partial charge on any atom is 0.339 e. The molecule has 2 aromatic rings. The van der Waals surface area contributed by atoms with Crippen LogP contribution in [0.1, 0.15) is 10.4 Å². The number of aromatic carboxylic acids is 1. The van der Waals surface area contributed by atoms with E-state index in [1.54, 1.807) is 12.1 Å². The van der Waals surface area contributed by atoms with Crippen molar-refractivity contribution in [3.8, 4) is 11.5 Å². The molecule has 0 amide bonds. The first kappa shape index (κ1) is 14.4. The first-order chi connectivity index (χ1) is 9.68. The Labute approximate surface area is 125 Å². The van der Waals surface area contributed by atoms with Gasteiger partial charge in [0.25, 0.3) is 0 Å². The molecule has 0 aromatic heterocycles. The minimum absolute atomic E-state index is 0.124. The van der Waals surface area contributed by atoms with E-state index in [2.05, 4.69) is 15.9 Å². The van der Waals surface area contributed by atoms with Crippen LogP contribution in [0.3, 0.4) is 0 Å². The average molecular weight is 337 g/mol. The summed E-state index contributed by atoms with van der Waals surface area (Å²) in [4.78, 5) is 11.1. The number of hydrogen-bond donors (Lipinski definition) is 1. The topological polar surface area (TPSA) is 55.8 Å². The number of carboxylic acids is 1. The van der Waals surface area contributed by atoms with E-state index in [-0.39, 0.29) is 12.2 Å². The third-order valence-electron chi connectivity index (χ3n) is 2.54. The molecule has 0 bridgehead atoms. The van der Waals surface area contributed by atoms with Gasteiger partial charge in [0, 0.05) is 0 Å². The number of carboxylic acid groups (broad SMARTS) is 1. The first-order valence-electron chi connectivity index (χ1n) is 6.01. The predicted molar refractivity (Wildman–Crippen MR) is 78.5 cm³/mol. The van der Waals surface area contributed by atoms with Gasteiger partial charge in [0.1, 0.15) is 30.3 Å². The maximum atomic E-state index is 11.1. The zero-order chi connectivity index (χ0) is 14.4. The van der Waals surface area contributed by atoms with Crippen molar-refractivity contribution in [2.75, 3.05) is 13.2 Å². The fourth-order valence-corrected chi connectivity index (χ4v) is 2.12. The third-order valence-corrected chi connectivity index (χ3v) is 3.16. The highest BCUT2D eigenvalue weighted by molar-refractivity contribution is 9.10. The molecule has 0 saturated heterocycles. The summed E-state index contributed by atoms with van der Waals surface area (Å²) in [6, 6.07) is 14.3. The van der Waals surface area contributed by atoms with Crippen LogP contribution in [-0.4, -0.2) is 24.3 Å². The summed E-state index contributed by atoms with van der Waals surface area (Å²) in [6.07, 6.45) is 0. The number of halogens is 1. The molecule has 0 atom stereocenters. The summed E-state index contributed by atoms with van der Waals surface area (Å²) in [5, 5.41) is 9.09. The summed E-state index contributed by atoms with van der Waals surface area (Å²) in [6.45, 7) is 0.599. The molecule has 0 aliphatic rings. The van der Waals surface area contributed by atoms with Crippen molar-refractivity contribution in [3.05, 3.63) is 58.6 Å². The van der Waals surface area contributed by atoms with Crippen LogP contribution in [0.15, 0.2) is 53.0 Å². The van der Waals surface area contributed by atoms with Gasteiger partial charge in [-0.05, 0) is 40.2 Å². The van der Waals surface area contributed by atoms with Gasteiger partial charge in [0.15, 0.2) is 0 Å². The molecule has 2 aromatic carbocycles. The molecule has 104 valence electrons. The lowest BCUT2D eigenvalue weighted by Gasteiger charge is -2.11. The van der Waals surface area contributed by atoms with Crippen molar-refractivity contribution in [1.29, 1.82) is 0 Å². The summed E-state index contributed by atoms with van der Waals surface area (Å²) in [5.74, 6) is 0.0450. The molecule has 1 N–H and O–H groups in total. The zero-order valence-corrected chi connectivity index (χ0v) is 12.2. The van der Waals surface area contributed by atoms with Gasteiger partial charge in [0.2, 0.25) is 0 Å². The lowest BCUT2D eigenvalue weighted by Crippen LogP contribution is -2.11. The normalized spacial score (nSPS) is 10.1. The predicted octanol–water partition coefficient (Wildman–Crippen LogP) is 3.61. The Morgan fingerprint density at radius 2 is 1.70 bits per heavy atom. The van der Waals surface area contributed by atoms with Crippen LogP contribution in [0.25, 0.3) is 0 Å². The molecule has 4 nitrogen and oxygen atoms in total. The first-order valence-corrected chi connectivity index (χ1v) is 6.80. The molecule has 0 spiro atoms. The van der Waals surface area contributed by atoms with E-state index in [0.29, 0.717) is 16.8 Å². The minimum Gasteiger partial charge on any atom is -0.490 e. The highest BCUT2D eigenvalue weighted by atomic mass is 79.9. The van der Waals surface area contributed by atoms with E-state index >= 15 is 0 Å². The highest BCUT2D eigenvalue weighted by Gasteiger charge is 2.13. The molecular formula is C15H13BrO4. The Bertz CT molecular complexity index is 584. The second-order valence-electron chi connectivity index (χ2n) is 3.93. The van der Waals surface area contributed by atoms with Gasteiger partial charge in [-0.3, -0.25) is 0 Å². The molecule has 0 unspecified atom stereocenters. The van der Waals surface area contributed by atoms with Gasteiger partial charge < -0.3 is 14.6 Å². The van der Waals surface area contributed by atoms with Crippen LogP contribution in [0, 0.1) is 0 Å². The molecule has 0 aliphatic carbocycles. The van der Waals surface area contributed by atoms with Gasteiger partial charge in [0.05, 0.1) is 4.47 Å². The van der Waals surface area contributed by atoms with E-state index in [1.807, 2.05) is 30.3 Å². The van der Waals surface area contributed by atoms with Gasteiger partial charge in [-0.15, -0.1) is 0 Å². The van der Waals surface area contributed by atoms with Crippen molar-refractivity contribution in [2.45, 2.75) is 0 Å². The third kappa shape index (κ3) is 3.74. The molecule has 0 radical (unpaired) electrons. The standard InChI is InChI=1S/C15H13BrO4/c16-13-8-4-7-12(15(17)18)14(13)20-10-9-19-11-5-2-1-3-6-11/h1-8H,9-10H2,(H,17,18). The second-order valence-corrected chi connectivity index (χ2v) is 4.79. The quantitative estimate of drug-likeness (QED) is 0.819.